The first-order chi connectivity index (χ1) is 9.52. The number of hydrogen-bond acceptors (Lipinski definition) is 2. The monoisotopic (exact) mass is 404 g/mol. The predicted molar refractivity (Wildman–Crippen MR) is 89.1 cm³/mol. The molecule has 5 heteroatoms. The highest BCUT2D eigenvalue weighted by Gasteiger charge is 2.16. The fourth-order valence-electron chi connectivity index (χ4n) is 2.11. The Morgan fingerprint density at radius 2 is 2.10 bits per heavy atom. The van der Waals surface area contributed by atoms with E-state index in [1.165, 1.54) is 11.6 Å². The van der Waals surface area contributed by atoms with E-state index in [2.05, 4.69) is 28.0 Å². The highest BCUT2D eigenvalue weighted by molar-refractivity contribution is 14.1. The second-order valence-electron chi connectivity index (χ2n) is 4.64. The first-order valence-electron chi connectivity index (χ1n) is 6.18. The summed E-state index contributed by atoms with van der Waals surface area (Å²) >= 11 is 8.06. The molecule has 0 aromatic heterocycles. The Morgan fingerprint density at radius 1 is 1.35 bits per heavy atom. The molecule has 0 aliphatic carbocycles. The average molecular weight is 405 g/mol. The molecule has 106 valence electrons. The first kappa shape index (κ1) is 15.7. The van der Waals surface area contributed by atoms with Crippen molar-refractivity contribution in [2.24, 2.45) is 5.84 Å². The van der Waals surface area contributed by atoms with Gasteiger partial charge in [0, 0.05) is 8.59 Å². The van der Waals surface area contributed by atoms with Gasteiger partial charge in [0.05, 0.1) is 6.04 Å². The minimum atomic E-state index is -0.305. The highest BCUT2D eigenvalue weighted by atomic mass is 127. The van der Waals surface area contributed by atoms with Gasteiger partial charge < -0.3 is 0 Å². The van der Waals surface area contributed by atoms with E-state index in [1.807, 2.05) is 25.1 Å². The molecule has 3 N–H and O–H groups in total. The van der Waals surface area contributed by atoms with E-state index in [4.69, 9.17) is 17.4 Å². The number of aryl methyl sites for hydroxylation is 1. The van der Waals surface area contributed by atoms with Crippen LogP contribution in [0.2, 0.25) is 5.02 Å². The Balaban J connectivity index is 2.31. The lowest BCUT2D eigenvalue weighted by Crippen LogP contribution is -2.30. The molecular formula is C15H15ClFIN2. The first-order valence-corrected chi connectivity index (χ1v) is 7.63. The summed E-state index contributed by atoms with van der Waals surface area (Å²) < 4.78 is 15.0. The van der Waals surface area contributed by atoms with Crippen LogP contribution < -0.4 is 11.3 Å². The van der Waals surface area contributed by atoms with E-state index < -0.39 is 0 Å². The molecule has 2 rings (SSSR count). The van der Waals surface area contributed by atoms with Crippen molar-refractivity contribution < 1.29 is 4.39 Å². The smallest absolute Gasteiger partial charge is 0.127 e. The van der Waals surface area contributed by atoms with Crippen LogP contribution in [0.4, 0.5) is 4.39 Å². The van der Waals surface area contributed by atoms with Gasteiger partial charge in [0.25, 0.3) is 0 Å². The van der Waals surface area contributed by atoms with E-state index in [0.29, 0.717) is 17.0 Å². The largest absolute Gasteiger partial charge is 0.271 e. The quantitative estimate of drug-likeness (QED) is 0.457. The molecule has 0 fully saturated rings. The Hall–Kier alpha value is -0.690. The van der Waals surface area contributed by atoms with Crippen LogP contribution in [0.3, 0.4) is 0 Å². The number of hydrogen-bond donors (Lipinski definition) is 2. The molecule has 2 nitrogen and oxygen atoms in total. The van der Waals surface area contributed by atoms with E-state index in [1.54, 1.807) is 12.1 Å². The predicted octanol–water partition coefficient (Wildman–Crippen LogP) is 4.14. The second-order valence-corrected chi connectivity index (χ2v) is 6.15. The van der Waals surface area contributed by atoms with Gasteiger partial charge in [-0.15, -0.1) is 0 Å². The topological polar surface area (TPSA) is 38.0 Å². The molecule has 0 aliphatic heterocycles. The van der Waals surface area contributed by atoms with Crippen molar-refractivity contribution in [3.05, 3.63) is 67.5 Å². The molecule has 0 spiro atoms. The van der Waals surface area contributed by atoms with Gasteiger partial charge in [-0.1, -0.05) is 35.9 Å². The van der Waals surface area contributed by atoms with Gasteiger partial charge >= 0.3 is 0 Å². The van der Waals surface area contributed by atoms with Gasteiger partial charge in [-0.3, -0.25) is 11.3 Å². The van der Waals surface area contributed by atoms with Crippen LogP contribution in [0.25, 0.3) is 0 Å². The van der Waals surface area contributed by atoms with Gasteiger partial charge in [0.2, 0.25) is 0 Å². The number of nitrogens with two attached hydrogens (primary N) is 1. The summed E-state index contributed by atoms with van der Waals surface area (Å²) in [7, 11) is 0. The molecule has 0 radical (unpaired) electrons. The second kappa shape index (κ2) is 6.85. The lowest BCUT2D eigenvalue weighted by atomic mass is 9.98. The molecule has 0 saturated heterocycles. The van der Waals surface area contributed by atoms with Crippen LogP contribution in [0.15, 0.2) is 36.4 Å². The zero-order chi connectivity index (χ0) is 14.7. The van der Waals surface area contributed by atoms with Gasteiger partial charge in [-0.25, -0.2) is 4.39 Å². The maximum absolute atomic E-state index is 13.9. The van der Waals surface area contributed by atoms with E-state index in [9.17, 15) is 4.39 Å². The Kier molecular flexibility index (Phi) is 5.37. The maximum Gasteiger partial charge on any atom is 0.127 e. The zero-order valence-electron chi connectivity index (χ0n) is 11.0. The lowest BCUT2D eigenvalue weighted by Gasteiger charge is -2.19. The maximum atomic E-state index is 13.9. The van der Waals surface area contributed by atoms with Crippen LogP contribution in [0.1, 0.15) is 22.7 Å². The SMILES string of the molecule is Cc1cccc(C(Cc2ccc(Cl)cc2F)NN)c1I. The molecule has 0 aliphatic rings. The Morgan fingerprint density at radius 3 is 2.75 bits per heavy atom. The molecule has 1 unspecified atom stereocenters. The molecule has 20 heavy (non-hydrogen) atoms. The fraction of sp³-hybridized carbons (Fsp3) is 0.200. The summed E-state index contributed by atoms with van der Waals surface area (Å²) in [4.78, 5) is 0. The minimum Gasteiger partial charge on any atom is -0.271 e. The minimum absolute atomic E-state index is 0.141. The third kappa shape index (κ3) is 3.49. The molecule has 0 heterocycles. The molecular weight excluding hydrogens is 390 g/mol. The Bertz CT molecular complexity index is 619. The third-order valence-corrected chi connectivity index (χ3v) is 4.95. The van der Waals surface area contributed by atoms with E-state index in [-0.39, 0.29) is 11.9 Å². The summed E-state index contributed by atoms with van der Waals surface area (Å²) in [6, 6.07) is 10.6. The van der Waals surface area contributed by atoms with Crippen LogP contribution in [0.5, 0.6) is 0 Å². The standard InChI is InChI=1S/C15H15ClFIN2/c1-9-3-2-4-12(15(9)18)14(20-19)7-10-5-6-11(16)8-13(10)17/h2-6,8,14,20H,7,19H2,1H3. The van der Waals surface area contributed by atoms with Crippen LogP contribution >= 0.6 is 34.2 Å². The van der Waals surface area contributed by atoms with Crippen molar-refractivity contribution in [2.75, 3.05) is 0 Å². The van der Waals surface area contributed by atoms with E-state index >= 15 is 0 Å². The third-order valence-electron chi connectivity index (χ3n) is 3.24. The van der Waals surface area contributed by atoms with E-state index in [0.717, 1.165) is 9.13 Å². The molecule has 2 aromatic carbocycles. The van der Waals surface area contributed by atoms with Crippen molar-refractivity contribution in [3.63, 3.8) is 0 Å². The molecule has 1 atom stereocenters. The highest BCUT2D eigenvalue weighted by Crippen LogP contribution is 2.26. The fourth-order valence-corrected chi connectivity index (χ4v) is 3.00. The normalized spacial score (nSPS) is 12.4. The van der Waals surface area contributed by atoms with Gasteiger partial charge in [-0.05, 0) is 64.8 Å². The number of hydrazine groups is 1. The Labute approximate surface area is 136 Å². The molecule has 2 aromatic rings. The summed E-state index contributed by atoms with van der Waals surface area (Å²) in [5.74, 6) is 5.34. The number of benzene rings is 2. The van der Waals surface area contributed by atoms with Crippen LogP contribution in [-0.2, 0) is 6.42 Å². The van der Waals surface area contributed by atoms with Crippen LogP contribution in [0, 0.1) is 16.3 Å². The van der Waals surface area contributed by atoms with Crippen LogP contribution in [-0.4, -0.2) is 0 Å². The number of halogens is 3. The molecule has 0 bridgehead atoms. The summed E-state index contributed by atoms with van der Waals surface area (Å²) in [5, 5.41) is 0.397. The summed E-state index contributed by atoms with van der Waals surface area (Å²) in [6.45, 7) is 2.04. The number of rotatable bonds is 4. The lowest BCUT2D eigenvalue weighted by molar-refractivity contribution is 0.527. The van der Waals surface area contributed by atoms with Gasteiger partial charge in [0.1, 0.15) is 5.82 Å². The summed E-state index contributed by atoms with van der Waals surface area (Å²) in [5.41, 5.74) is 5.62. The zero-order valence-corrected chi connectivity index (χ0v) is 13.9. The van der Waals surface area contributed by atoms with Crippen molar-refractivity contribution in [3.8, 4) is 0 Å². The summed E-state index contributed by atoms with van der Waals surface area (Å²) in [6.07, 6.45) is 0.471. The molecule has 0 amide bonds. The van der Waals surface area contributed by atoms with Gasteiger partial charge in [-0.2, -0.15) is 0 Å². The van der Waals surface area contributed by atoms with Crippen molar-refractivity contribution in [1.29, 1.82) is 0 Å². The van der Waals surface area contributed by atoms with Crippen molar-refractivity contribution in [2.45, 2.75) is 19.4 Å². The molecule has 0 saturated carbocycles. The van der Waals surface area contributed by atoms with Crippen molar-refractivity contribution in [1.82, 2.24) is 5.43 Å². The average Bonchev–Trinajstić information content (AvgIpc) is 2.42. The van der Waals surface area contributed by atoms with Crippen molar-refractivity contribution >= 4 is 34.2 Å². The number of nitrogens with one attached hydrogen (secondary N) is 1. The van der Waals surface area contributed by atoms with Gasteiger partial charge in [0.15, 0.2) is 0 Å².